The maximum atomic E-state index is 11.8. The molecule has 1 aromatic heterocycles. The van der Waals surface area contributed by atoms with Crippen molar-refractivity contribution in [3.63, 3.8) is 0 Å². The Hall–Kier alpha value is -1.91. The molecule has 1 aliphatic carbocycles. The van der Waals surface area contributed by atoms with Gasteiger partial charge in [-0.15, -0.1) is 0 Å². The van der Waals surface area contributed by atoms with E-state index < -0.39 is 11.6 Å². The van der Waals surface area contributed by atoms with E-state index in [0.29, 0.717) is 31.2 Å². The molecule has 1 spiro atoms. The lowest BCUT2D eigenvalue weighted by molar-refractivity contribution is -0.144. The monoisotopic (exact) mass is 247 g/mol. The van der Waals surface area contributed by atoms with Gasteiger partial charge in [-0.1, -0.05) is 0 Å². The van der Waals surface area contributed by atoms with Crippen molar-refractivity contribution in [3.05, 3.63) is 29.6 Å². The molecule has 0 unspecified atom stereocenters. The van der Waals surface area contributed by atoms with Crippen molar-refractivity contribution in [2.75, 3.05) is 0 Å². The third-order valence-corrected chi connectivity index (χ3v) is 3.96. The van der Waals surface area contributed by atoms with Gasteiger partial charge in [0.1, 0.15) is 5.60 Å². The first kappa shape index (κ1) is 11.2. The van der Waals surface area contributed by atoms with Crippen LogP contribution in [0.2, 0.25) is 0 Å². The van der Waals surface area contributed by atoms with Gasteiger partial charge in [0.2, 0.25) is 0 Å². The predicted molar refractivity (Wildman–Crippen MR) is 60.9 cm³/mol. The summed E-state index contributed by atoms with van der Waals surface area (Å²) in [6, 6.07) is 1.66. The van der Waals surface area contributed by atoms with Crippen LogP contribution in [0.25, 0.3) is 0 Å². The highest BCUT2D eigenvalue weighted by molar-refractivity contribution is 5.94. The highest BCUT2D eigenvalue weighted by Crippen LogP contribution is 2.47. The van der Waals surface area contributed by atoms with Crippen LogP contribution in [-0.4, -0.2) is 22.0 Å². The Bertz CT molecular complexity index is 517. The summed E-state index contributed by atoms with van der Waals surface area (Å²) in [6.07, 6.45) is 5.44. The number of carbonyl (C=O) groups excluding carboxylic acids is 1. The standard InChI is InChI=1S/C13H13NO4/c15-11(16)8-1-4-13(5-2-8)10-7-14-6-3-9(10)12(17)18-13/h3,6-8H,1-2,4-5H2,(H,15,16)/t8-,13+. The van der Waals surface area contributed by atoms with Gasteiger partial charge in [0.15, 0.2) is 0 Å². The summed E-state index contributed by atoms with van der Waals surface area (Å²) >= 11 is 0. The van der Waals surface area contributed by atoms with Crippen molar-refractivity contribution in [1.82, 2.24) is 4.98 Å². The van der Waals surface area contributed by atoms with Gasteiger partial charge in [0, 0.05) is 18.0 Å². The molecule has 2 heterocycles. The summed E-state index contributed by atoms with van der Waals surface area (Å²) in [7, 11) is 0. The molecular weight excluding hydrogens is 234 g/mol. The number of rotatable bonds is 1. The van der Waals surface area contributed by atoms with Crippen molar-refractivity contribution in [2.24, 2.45) is 5.92 Å². The van der Waals surface area contributed by atoms with E-state index in [4.69, 9.17) is 9.84 Å². The molecule has 18 heavy (non-hydrogen) atoms. The molecule has 0 aromatic carbocycles. The highest BCUT2D eigenvalue weighted by atomic mass is 16.6. The fourth-order valence-electron chi connectivity index (χ4n) is 2.93. The van der Waals surface area contributed by atoms with E-state index in [1.807, 2.05) is 0 Å². The second kappa shape index (κ2) is 3.80. The quantitative estimate of drug-likeness (QED) is 0.764. The molecule has 1 aromatic rings. The first-order valence-corrected chi connectivity index (χ1v) is 6.03. The van der Waals surface area contributed by atoms with Gasteiger partial charge >= 0.3 is 11.9 Å². The summed E-state index contributed by atoms with van der Waals surface area (Å²) in [5.41, 5.74) is 0.754. The molecule has 1 N–H and O–H groups in total. The van der Waals surface area contributed by atoms with E-state index in [1.54, 1.807) is 18.5 Å². The first-order valence-electron chi connectivity index (χ1n) is 6.03. The van der Waals surface area contributed by atoms with Crippen molar-refractivity contribution in [1.29, 1.82) is 0 Å². The van der Waals surface area contributed by atoms with Crippen LogP contribution in [0.4, 0.5) is 0 Å². The molecule has 0 saturated heterocycles. The fraction of sp³-hybridized carbons (Fsp3) is 0.462. The summed E-state index contributed by atoms with van der Waals surface area (Å²) in [5, 5.41) is 9.00. The molecule has 94 valence electrons. The minimum absolute atomic E-state index is 0.318. The van der Waals surface area contributed by atoms with Gasteiger partial charge in [0.05, 0.1) is 11.5 Å². The Morgan fingerprint density at radius 3 is 2.83 bits per heavy atom. The lowest BCUT2D eigenvalue weighted by Gasteiger charge is -2.34. The minimum atomic E-state index is -0.763. The zero-order chi connectivity index (χ0) is 12.8. The van der Waals surface area contributed by atoms with Gasteiger partial charge in [-0.3, -0.25) is 9.78 Å². The zero-order valence-electron chi connectivity index (χ0n) is 9.76. The predicted octanol–water partition coefficient (Wildman–Crippen LogP) is 1.72. The molecule has 0 radical (unpaired) electrons. The van der Waals surface area contributed by atoms with Crippen molar-refractivity contribution in [2.45, 2.75) is 31.3 Å². The van der Waals surface area contributed by atoms with Crippen LogP contribution in [0.5, 0.6) is 0 Å². The average Bonchev–Trinajstić information content (AvgIpc) is 2.64. The van der Waals surface area contributed by atoms with Gasteiger partial charge in [0.25, 0.3) is 0 Å². The molecular formula is C13H13NO4. The number of aliphatic carboxylic acids is 1. The SMILES string of the molecule is O=C1O[C@]2(CC[C@@H](C(=O)O)CC2)c2cnccc21. The highest BCUT2D eigenvalue weighted by Gasteiger charge is 2.48. The molecule has 0 atom stereocenters. The van der Waals surface area contributed by atoms with Crippen LogP contribution < -0.4 is 0 Å². The molecule has 1 fully saturated rings. The number of esters is 1. The maximum absolute atomic E-state index is 11.8. The molecule has 2 aliphatic rings. The van der Waals surface area contributed by atoms with Crippen LogP contribution in [0.15, 0.2) is 18.5 Å². The van der Waals surface area contributed by atoms with E-state index in [0.717, 1.165) is 5.56 Å². The molecule has 0 amide bonds. The Morgan fingerprint density at radius 2 is 2.17 bits per heavy atom. The lowest BCUT2D eigenvalue weighted by Crippen LogP contribution is -2.34. The summed E-state index contributed by atoms with van der Waals surface area (Å²) in [5.74, 6) is -1.41. The van der Waals surface area contributed by atoms with Crippen LogP contribution in [-0.2, 0) is 15.1 Å². The van der Waals surface area contributed by atoms with Crippen LogP contribution in [0.1, 0.15) is 41.6 Å². The van der Waals surface area contributed by atoms with Crippen LogP contribution in [0.3, 0.4) is 0 Å². The topological polar surface area (TPSA) is 76.5 Å². The largest absolute Gasteiger partial charge is 0.481 e. The number of nitrogens with zero attached hydrogens (tertiary/aromatic N) is 1. The molecule has 3 rings (SSSR count). The Kier molecular flexibility index (Phi) is 2.36. The van der Waals surface area contributed by atoms with E-state index in [1.165, 1.54) is 0 Å². The minimum Gasteiger partial charge on any atom is -0.481 e. The maximum Gasteiger partial charge on any atom is 0.339 e. The first-order chi connectivity index (χ1) is 8.62. The number of pyridine rings is 1. The van der Waals surface area contributed by atoms with Gasteiger partial charge in [-0.05, 0) is 31.7 Å². The average molecular weight is 247 g/mol. The number of ether oxygens (including phenoxy) is 1. The third kappa shape index (κ3) is 1.50. The summed E-state index contributed by atoms with van der Waals surface area (Å²) in [6.45, 7) is 0. The van der Waals surface area contributed by atoms with E-state index >= 15 is 0 Å². The third-order valence-electron chi connectivity index (χ3n) is 3.96. The van der Waals surface area contributed by atoms with E-state index in [9.17, 15) is 9.59 Å². The number of hydrogen-bond donors (Lipinski definition) is 1. The van der Waals surface area contributed by atoms with Crippen molar-refractivity contribution >= 4 is 11.9 Å². The van der Waals surface area contributed by atoms with E-state index in [2.05, 4.69) is 4.98 Å². The van der Waals surface area contributed by atoms with Gasteiger partial charge in [-0.25, -0.2) is 4.79 Å². The number of carboxylic acid groups (broad SMARTS) is 1. The zero-order valence-corrected chi connectivity index (χ0v) is 9.76. The summed E-state index contributed by atoms with van der Waals surface area (Å²) in [4.78, 5) is 26.8. The number of carboxylic acids is 1. The summed E-state index contributed by atoms with van der Waals surface area (Å²) < 4.78 is 5.52. The Balaban J connectivity index is 1.91. The number of carbonyl (C=O) groups is 2. The Labute approximate surface area is 104 Å². The molecule has 5 heteroatoms. The van der Waals surface area contributed by atoms with Gasteiger partial charge < -0.3 is 9.84 Å². The molecule has 1 saturated carbocycles. The smallest absolute Gasteiger partial charge is 0.339 e. The second-order valence-electron chi connectivity index (χ2n) is 4.92. The van der Waals surface area contributed by atoms with Crippen molar-refractivity contribution in [3.8, 4) is 0 Å². The lowest BCUT2D eigenvalue weighted by atomic mass is 9.75. The van der Waals surface area contributed by atoms with Gasteiger partial charge in [-0.2, -0.15) is 0 Å². The van der Waals surface area contributed by atoms with Crippen LogP contribution in [0, 0.1) is 5.92 Å². The second-order valence-corrected chi connectivity index (χ2v) is 4.92. The number of aromatic nitrogens is 1. The molecule has 0 bridgehead atoms. The fourth-order valence-corrected chi connectivity index (χ4v) is 2.93. The van der Waals surface area contributed by atoms with Crippen LogP contribution >= 0.6 is 0 Å². The Morgan fingerprint density at radius 1 is 1.44 bits per heavy atom. The molecule has 1 aliphatic heterocycles. The van der Waals surface area contributed by atoms with Crippen molar-refractivity contribution < 1.29 is 19.4 Å². The molecule has 5 nitrogen and oxygen atoms in total. The van der Waals surface area contributed by atoms with E-state index in [-0.39, 0.29) is 11.9 Å². The normalized spacial score (nSPS) is 30.0. The number of fused-ring (bicyclic) bond motifs is 2. The number of hydrogen-bond acceptors (Lipinski definition) is 4.